The molecule has 0 aliphatic heterocycles. The van der Waals surface area contributed by atoms with E-state index in [1.54, 1.807) is 0 Å². The zero-order valence-electron chi connectivity index (χ0n) is 8.34. The Morgan fingerprint density at radius 2 is 1.86 bits per heavy atom. The monoisotopic (exact) mass is 205 g/mol. The first kappa shape index (κ1) is 10.3. The molecule has 2 nitrogen and oxygen atoms in total. The van der Waals surface area contributed by atoms with Gasteiger partial charge in [-0.1, -0.05) is 0 Å². The number of halogens is 2. The van der Waals surface area contributed by atoms with Gasteiger partial charge in [-0.2, -0.15) is 0 Å². The van der Waals surface area contributed by atoms with E-state index in [1.807, 2.05) is 6.92 Å². The van der Waals surface area contributed by atoms with Crippen LogP contribution in [0.5, 0.6) is 0 Å². The first-order valence-corrected chi connectivity index (χ1v) is 5.23. The van der Waals surface area contributed by atoms with E-state index in [1.165, 1.54) is 0 Å². The fourth-order valence-corrected chi connectivity index (χ4v) is 2.46. The standard InChI is InChI=1S/C10H17F2NO/c1-10(14)4-8(5-10)13-7-2-6(3-7)9(11)12/h6-9,13-14H,2-5H2,1H3. The normalized spacial score (nSPS) is 47.4. The summed E-state index contributed by atoms with van der Waals surface area (Å²) in [4.78, 5) is 0. The zero-order valence-corrected chi connectivity index (χ0v) is 8.34. The highest BCUT2D eigenvalue weighted by Gasteiger charge is 2.42. The maximum atomic E-state index is 12.1. The predicted molar refractivity (Wildman–Crippen MR) is 49.3 cm³/mol. The molecule has 0 aromatic heterocycles. The summed E-state index contributed by atoms with van der Waals surface area (Å²) < 4.78 is 24.3. The van der Waals surface area contributed by atoms with E-state index in [0.29, 0.717) is 18.9 Å². The van der Waals surface area contributed by atoms with Crippen LogP contribution in [-0.4, -0.2) is 29.2 Å². The smallest absolute Gasteiger partial charge is 0.241 e. The Hall–Kier alpha value is -0.220. The molecule has 0 radical (unpaired) electrons. The Balaban J connectivity index is 1.62. The molecule has 2 fully saturated rings. The van der Waals surface area contributed by atoms with Crippen molar-refractivity contribution in [3.8, 4) is 0 Å². The second-order valence-corrected chi connectivity index (χ2v) is 5.03. The summed E-state index contributed by atoms with van der Waals surface area (Å²) in [5.41, 5.74) is -0.524. The topological polar surface area (TPSA) is 32.3 Å². The number of aliphatic hydroxyl groups is 1. The van der Waals surface area contributed by atoms with Crippen LogP contribution >= 0.6 is 0 Å². The summed E-state index contributed by atoms with van der Waals surface area (Å²) in [6, 6.07) is 0.601. The Labute approximate surface area is 82.7 Å². The van der Waals surface area contributed by atoms with Crippen LogP contribution in [0.4, 0.5) is 8.78 Å². The van der Waals surface area contributed by atoms with Gasteiger partial charge in [-0.15, -0.1) is 0 Å². The van der Waals surface area contributed by atoms with Crippen molar-refractivity contribution in [1.29, 1.82) is 0 Å². The highest BCUT2D eigenvalue weighted by Crippen LogP contribution is 2.37. The zero-order chi connectivity index (χ0) is 10.3. The van der Waals surface area contributed by atoms with Gasteiger partial charge in [0, 0.05) is 18.0 Å². The average molecular weight is 205 g/mol. The molecule has 0 heterocycles. The van der Waals surface area contributed by atoms with Gasteiger partial charge in [-0.3, -0.25) is 0 Å². The quantitative estimate of drug-likeness (QED) is 0.732. The molecule has 0 aromatic rings. The molecule has 0 saturated heterocycles. The molecule has 2 rings (SSSR count). The van der Waals surface area contributed by atoms with E-state index < -0.39 is 17.9 Å². The third-order valence-electron chi connectivity index (χ3n) is 3.37. The van der Waals surface area contributed by atoms with Gasteiger partial charge in [0.25, 0.3) is 0 Å². The second kappa shape index (κ2) is 3.42. The summed E-state index contributed by atoms with van der Waals surface area (Å²) in [6.07, 6.45) is 0.538. The predicted octanol–water partition coefficient (Wildman–Crippen LogP) is 1.53. The fraction of sp³-hybridized carbons (Fsp3) is 1.00. The fourth-order valence-electron chi connectivity index (χ4n) is 2.46. The summed E-state index contributed by atoms with van der Waals surface area (Å²) in [5, 5.41) is 12.8. The van der Waals surface area contributed by atoms with Crippen LogP contribution in [0.2, 0.25) is 0 Å². The number of alkyl halides is 2. The van der Waals surface area contributed by atoms with Crippen LogP contribution in [0, 0.1) is 5.92 Å². The Bertz CT molecular complexity index is 206. The van der Waals surface area contributed by atoms with Gasteiger partial charge < -0.3 is 10.4 Å². The van der Waals surface area contributed by atoms with E-state index in [2.05, 4.69) is 5.32 Å². The van der Waals surface area contributed by atoms with Crippen molar-refractivity contribution < 1.29 is 13.9 Å². The number of hydrogen-bond acceptors (Lipinski definition) is 2. The molecular formula is C10H17F2NO. The van der Waals surface area contributed by atoms with E-state index in [-0.39, 0.29) is 6.04 Å². The van der Waals surface area contributed by atoms with E-state index in [4.69, 9.17) is 0 Å². The van der Waals surface area contributed by atoms with Crippen LogP contribution in [0.15, 0.2) is 0 Å². The molecule has 0 atom stereocenters. The van der Waals surface area contributed by atoms with Gasteiger partial charge in [0.2, 0.25) is 6.43 Å². The highest BCUT2D eigenvalue weighted by atomic mass is 19.3. The van der Waals surface area contributed by atoms with Crippen molar-refractivity contribution in [2.45, 2.75) is 56.7 Å². The van der Waals surface area contributed by atoms with E-state index >= 15 is 0 Å². The third-order valence-corrected chi connectivity index (χ3v) is 3.37. The third kappa shape index (κ3) is 2.06. The lowest BCUT2D eigenvalue weighted by molar-refractivity contribution is -0.0533. The molecule has 14 heavy (non-hydrogen) atoms. The number of hydrogen-bond donors (Lipinski definition) is 2. The Kier molecular flexibility index (Phi) is 2.52. The lowest BCUT2D eigenvalue weighted by Crippen LogP contribution is -2.57. The molecule has 2 N–H and O–H groups in total. The molecular weight excluding hydrogens is 188 g/mol. The maximum absolute atomic E-state index is 12.1. The second-order valence-electron chi connectivity index (χ2n) is 5.03. The minimum Gasteiger partial charge on any atom is -0.390 e. The van der Waals surface area contributed by atoms with E-state index in [9.17, 15) is 13.9 Å². The Morgan fingerprint density at radius 3 is 2.29 bits per heavy atom. The summed E-state index contributed by atoms with van der Waals surface area (Å²) >= 11 is 0. The molecule has 2 aliphatic carbocycles. The molecule has 0 aromatic carbocycles. The van der Waals surface area contributed by atoms with Crippen LogP contribution in [0.25, 0.3) is 0 Å². The van der Waals surface area contributed by atoms with Gasteiger partial charge in [-0.05, 0) is 32.6 Å². The van der Waals surface area contributed by atoms with Crippen molar-refractivity contribution >= 4 is 0 Å². The lowest BCUT2D eigenvalue weighted by Gasteiger charge is -2.46. The first-order chi connectivity index (χ1) is 6.46. The van der Waals surface area contributed by atoms with Crippen molar-refractivity contribution in [1.82, 2.24) is 5.32 Å². The molecule has 0 amide bonds. The van der Waals surface area contributed by atoms with Gasteiger partial charge in [0.05, 0.1) is 5.60 Å². The van der Waals surface area contributed by atoms with E-state index in [0.717, 1.165) is 12.8 Å². The molecule has 0 bridgehead atoms. The first-order valence-electron chi connectivity index (χ1n) is 5.23. The number of rotatable bonds is 3. The van der Waals surface area contributed by atoms with Crippen molar-refractivity contribution in [2.75, 3.05) is 0 Å². The van der Waals surface area contributed by atoms with Crippen molar-refractivity contribution in [2.24, 2.45) is 5.92 Å². The van der Waals surface area contributed by atoms with Crippen LogP contribution < -0.4 is 5.32 Å². The minimum atomic E-state index is -2.16. The minimum absolute atomic E-state index is 0.259. The average Bonchev–Trinajstić information content (AvgIpc) is 1.90. The van der Waals surface area contributed by atoms with Gasteiger partial charge in [0.15, 0.2) is 0 Å². The summed E-state index contributed by atoms with van der Waals surface area (Å²) in [7, 11) is 0. The van der Waals surface area contributed by atoms with Crippen molar-refractivity contribution in [3.63, 3.8) is 0 Å². The van der Waals surface area contributed by atoms with Crippen LogP contribution in [-0.2, 0) is 0 Å². The maximum Gasteiger partial charge on any atom is 0.241 e. The highest BCUT2D eigenvalue weighted by molar-refractivity contribution is 4.98. The van der Waals surface area contributed by atoms with Gasteiger partial charge >= 0.3 is 0 Å². The molecule has 82 valence electrons. The lowest BCUT2D eigenvalue weighted by atomic mass is 9.74. The van der Waals surface area contributed by atoms with Crippen LogP contribution in [0.3, 0.4) is 0 Å². The molecule has 4 heteroatoms. The summed E-state index contributed by atoms with van der Waals surface area (Å²) in [5.74, 6) is -0.395. The van der Waals surface area contributed by atoms with Crippen LogP contribution in [0.1, 0.15) is 32.6 Å². The SMILES string of the molecule is CC1(O)CC(NC2CC(C(F)F)C2)C1. The largest absolute Gasteiger partial charge is 0.390 e. The van der Waals surface area contributed by atoms with Gasteiger partial charge in [-0.25, -0.2) is 8.78 Å². The van der Waals surface area contributed by atoms with Gasteiger partial charge in [0.1, 0.15) is 0 Å². The Morgan fingerprint density at radius 1 is 1.29 bits per heavy atom. The number of nitrogens with one attached hydrogen (secondary N) is 1. The molecule has 0 unspecified atom stereocenters. The molecule has 0 spiro atoms. The molecule has 2 saturated carbocycles. The molecule has 2 aliphatic rings. The summed E-state index contributed by atoms with van der Waals surface area (Å²) in [6.45, 7) is 1.81. The van der Waals surface area contributed by atoms with Crippen molar-refractivity contribution in [3.05, 3.63) is 0 Å².